The number of thiophene rings is 1. The lowest BCUT2D eigenvalue weighted by molar-refractivity contribution is 0.0509. The summed E-state index contributed by atoms with van der Waals surface area (Å²) in [5.74, 6) is 0.269. The number of benzene rings is 2. The fourth-order valence-electron chi connectivity index (χ4n) is 4.22. The number of halogens is 2. The van der Waals surface area contributed by atoms with E-state index in [1.165, 1.54) is 23.5 Å². The Morgan fingerprint density at radius 1 is 1.25 bits per heavy atom. The molecule has 5 rings (SSSR count). The molecular formula is C27H25ClFN3O3S. The van der Waals surface area contributed by atoms with Gasteiger partial charge in [0.15, 0.2) is 0 Å². The topological polar surface area (TPSA) is 56.6 Å². The van der Waals surface area contributed by atoms with E-state index in [1.54, 1.807) is 33.8 Å². The van der Waals surface area contributed by atoms with Gasteiger partial charge >= 0.3 is 0 Å². The number of ether oxygens (including phenoxy) is 2. The van der Waals surface area contributed by atoms with Crippen molar-refractivity contribution in [3.8, 4) is 17.3 Å². The molecule has 186 valence electrons. The minimum atomic E-state index is -0.406. The molecule has 1 atom stereocenters. The highest BCUT2D eigenvalue weighted by molar-refractivity contribution is 7.12. The van der Waals surface area contributed by atoms with Crippen LogP contribution in [0.2, 0.25) is 5.02 Å². The van der Waals surface area contributed by atoms with Gasteiger partial charge in [-0.1, -0.05) is 23.7 Å². The van der Waals surface area contributed by atoms with Crippen molar-refractivity contribution in [3.05, 3.63) is 93.0 Å². The standard InChI is InChI=1S/C27H25ClFN3O3S/c1-18-24(17-31(16-23-7-3-13-34-23)26(33)25-8-4-14-36-25)27(35-22-6-2-5-20(29)15-22)32(30-18)21-11-9-19(28)10-12-21/h2,4-6,8-12,14-15,23H,3,7,13,16-17H2,1H3/t23-/m1/s1. The lowest BCUT2D eigenvalue weighted by atomic mass is 10.2. The van der Waals surface area contributed by atoms with E-state index in [-0.39, 0.29) is 18.6 Å². The molecule has 0 radical (unpaired) electrons. The lowest BCUT2D eigenvalue weighted by Gasteiger charge is -2.25. The third-order valence-electron chi connectivity index (χ3n) is 6.04. The molecule has 1 aliphatic heterocycles. The van der Waals surface area contributed by atoms with Crippen molar-refractivity contribution in [1.29, 1.82) is 0 Å². The van der Waals surface area contributed by atoms with Crippen LogP contribution in [0, 0.1) is 12.7 Å². The Morgan fingerprint density at radius 2 is 2.08 bits per heavy atom. The molecule has 9 heteroatoms. The number of carbonyl (C=O) groups excluding carboxylic acids is 1. The first-order valence-corrected chi connectivity index (χ1v) is 13.0. The number of aromatic nitrogens is 2. The summed E-state index contributed by atoms with van der Waals surface area (Å²) in [5.41, 5.74) is 2.17. The van der Waals surface area contributed by atoms with Crippen LogP contribution < -0.4 is 4.74 Å². The Labute approximate surface area is 217 Å². The number of nitrogens with zero attached hydrogens (tertiary/aromatic N) is 3. The first-order chi connectivity index (χ1) is 17.5. The largest absolute Gasteiger partial charge is 0.438 e. The molecule has 1 fully saturated rings. The van der Waals surface area contributed by atoms with Gasteiger partial charge in [-0.05, 0) is 67.6 Å². The highest BCUT2D eigenvalue weighted by Crippen LogP contribution is 2.33. The van der Waals surface area contributed by atoms with Crippen molar-refractivity contribution in [2.24, 2.45) is 0 Å². The van der Waals surface area contributed by atoms with Gasteiger partial charge in [-0.25, -0.2) is 9.07 Å². The van der Waals surface area contributed by atoms with E-state index in [4.69, 9.17) is 26.2 Å². The van der Waals surface area contributed by atoms with Crippen molar-refractivity contribution in [2.75, 3.05) is 13.2 Å². The Balaban J connectivity index is 1.55. The van der Waals surface area contributed by atoms with E-state index in [0.29, 0.717) is 40.4 Å². The second-order valence-electron chi connectivity index (χ2n) is 8.61. The molecule has 2 aromatic heterocycles. The van der Waals surface area contributed by atoms with Crippen molar-refractivity contribution in [1.82, 2.24) is 14.7 Å². The molecule has 0 unspecified atom stereocenters. The first kappa shape index (κ1) is 24.5. The molecule has 2 aromatic carbocycles. The zero-order chi connectivity index (χ0) is 25.1. The molecule has 3 heterocycles. The van der Waals surface area contributed by atoms with Crippen LogP contribution in [-0.4, -0.2) is 39.8 Å². The SMILES string of the molecule is Cc1nn(-c2ccc(Cl)cc2)c(Oc2cccc(F)c2)c1CN(C[C@H]1CCCO1)C(=O)c1cccs1. The van der Waals surface area contributed by atoms with Crippen LogP contribution in [0.4, 0.5) is 4.39 Å². The highest BCUT2D eigenvalue weighted by Gasteiger charge is 2.28. The quantitative estimate of drug-likeness (QED) is 0.258. The Kier molecular flexibility index (Phi) is 7.36. The van der Waals surface area contributed by atoms with Crippen molar-refractivity contribution in [3.63, 3.8) is 0 Å². The van der Waals surface area contributed by atoms with Crippen molar-refractivity contribution in [2.45, 2.75) is 32.4 Å². The molecule has 1 amide bonds. The third-order valence-corrected chi connectivity index (χ3v) is 7.15. The third kappa shape index (κ3) is 5.46. The van der Waals surface area contributed by atoms with E-state index in [9.17, 15) is 9.18 Å². The van der Waals surface area contributed by atoms with Crippen molar-refractivity contribution >= 4 is 28.8 Å². The summed E-state index contributed by atoms with van der Waals surface area (Å²) in [6.07, 6.45) is 1.87. The van der Waals surface area contributed by atoms with Gasteiger partial charge in [0.2, 0.25) is 5.88 Å². The fraction of sp³-hybridized carbons (Fsp3) is 0.259. The predicted molar refractivity (Wildman–Crippen MR) is 138 cm³/mol. The van der Waals surface area contributed by atoms with Gasteiger partial charge < -0.3 is 14.4 Å². The van der Waals surface area contributed by atoms with Crippen LogP contribution >= 0.6 is 22.9 Å². The number of rotatable bonds is 8. The second kappa shape index (κ2) is 10.8. The predicted octanol–water partition coefficient (Wildman–Crippen LogP) is 6.65. The first-order valence-electron chi connectivity index (χ1n) is 11.7. The van der Waals surface area contributed by atoms with Crippen LogP contribution in [0.25, 0.3) is 5.69 Å². The smallest absolute Gasteiger partial charge is 0.264 e. The summed E-state index contributed by atoms with van der Waals surface area (Å²) in [6.45, 7) is 3.30. The molecule has 4 aromatic rings. The Bertz CT molecular complexity index is 1340. The van der Waals surface area contributed by atoms with Crippen molar-refractivity contribution < 1.29 is 18.7 Å². The molecule has 6 nitrogen and oxygen atoms in total. The van der Waals surface area contributed by atoms with Crippen LogP contribution in [0.5, 0.6) is 11.6 Å². The normalized spacial score (nSPS) is 15.2. The van der Waals surface area contributed by atoms with E-state index in [0.717, 1.165) is 24.1 Å². The van der Waals surface area contributed by atoms with Crippen LogP contribution in [-0.2, 0) is 11.3 Å². The lowest BCUT2D eigenvalue weighted by Crippen LogP contribution is -2.36. The molecule has 0 bridgehead atoms. The van der Waals surface area contributed by atoms with Gasteiger partial charge in [0.25, 0.3) is 5.91 Å². The number of amides is 1. The van der Waals surface area contributed by atoms with E-state index in [1.807, 2.05) is 36.6 Å². The number of aryl methyl sites for hydroxylation is 1. The van der Waals surface area contributed by atoms with Gasteiger partial charge in [-0.2, -0.15) is 5.10 Å². The number of carbonyl (C=O) groups is 1. The average molecular weight is 526 g/mol. The zero-order valence-electron chi connectivity index (χ0n) is 19.7. The molecule has 0 aliphatic carbocycles. The van der Waals surface area contributed by atoms with E-state index >= 15 is 0 Å². The molecule has 1 saturated heterocycles. The maximum atomic E-state index is 14.0. The van der Waals surface area contributed by atoms with E-state index < -0.39 is 5.82 Å². The fourth-order valence-corrected chi connectivity index (χ4v) is 5.04. The Hall–Kier alpha value is -3.20. The summed E-state index contributed by atoms with van der Waals surface area (Å²) in [4.78, 5) is 15.9. The summed E-state index contributed by atoms with van der Waals surface area (Å²) in [6, 6.07) is 16.8. The van der Waals surface area contributed by atoms with E-state index in [2.05, 4.69) is 0 Å². The minimum absolute atomic E-state index is 0.0203. The molecule has 0 spiro atoms. The molecule has 36 heavy (non-hydrogen) atoms. The monoisotopic (exact) mass is 525 g/mol. The summed E-state index contributed by atoms with van der Waals surface area (Å²) < 4.78 is 27.7. The van der Waals surface area contributed by atoms with Gasteiger partial charge in [0.05, 0.1) is 34.5 Å². The molecule has 0 N–H and O–H groups in total. The highest BCUT2D eigenvalue weighted by atomic mass is 35.5. The van der Waals surface area contributed by atoms with Crippen LogP contribution in [0.15, 0.2) is 66.0 Å². The number of hydrogen-bond acceptors (Lipinski definition) is 5. The minimum Gasteiger partial charge on any atom is -0.438 e. The van der Waals surface area contributed by atoms with Crippen LogP contribution in [0.3, 0.4) is 0 Å². The second-order valence-corrected chi connectivity index (χ2v) is 10.00. The number of hydrogen-bond donors (Lipinski definition) is 0. The molecule has 0 saturated carbocycles. The zero-order valence-corrected chi connectivity index (χ0v) is 21.3. The maximum Gasteiger partial charge on any atom is 0.264 e. The summed E-state index contributed by atoms with van der Waals surface area (Å²) in [5, 5.41) is 7.21. The summed E-state index contributed by atoms with van der Waals surface area (Å²) >= 11 is 7.50. The van der Waals surface area contributed by atoms with Gasteiger partial charge in [-0.3, -0.25) is 4.79 Å². The summed E-state index contributed by atoms with van der Waals surface area (Å²) in [7, 11) is 0. The average Bonchev–Trinajstić information content (AvgIpc) is 3.63. The van der Waals surface area contributed by atoms with Gasteiger partial charge in [-0.15, -0.1) is 11.3 Å². The van der Waals surface area contributed by atoms with Crippen LogP contribution in [0.1, 0.15) is 33.8 Å². The molecule has 1 aliphatic rings. The van der Waals surface area contributed by atoms with Gasteiger partial charge in [0.1, 0.15) is 11.6 Å². The van der Waals surface area contributed by atoms with Gasteiger partial charge in [0, 0.05) is 24.2 Å². The molecular weight excluding hydrogens is 501 g/mol. The maximum absolute atomic E-state index is 14.0. The Morgan fingerprint density at radius 3 is 2.78 bits per heavy atom.